The molecule has 1 heterocycles. The molecule has 1 N–H and O–H groups in total. The maximum absolute atomic E-state index is 9.62. The summed E-state index contributed by atoms with van der Waals surface area (Å²) in [6.45, 7) is 1.88. The molecule has 0 aliphatic heterocycles. The van der Waals surface area contributed by atoms with E-state index in [1.807, 2.05) is 26.1 Å². The Morgan fingerprint density at radius 3 is 2.92 bits per heavy atom. The van der Waals surface area contributed by atoms with E-state index in [1.54, 1.807) is 10.9 Å². The van der Waals surface area contributed by atoms with Gasteiger partial charge in [-0.2, -0.15) is 5.10 Å². The molecule has 62 valence electrons. The van der Waals surface area contributed by atoms with Crippen LogP contribution in [0.3, 0.4) is 0 Å². The number of phenols is 1. The second-order valence-electron chi connectivity index (χ2n) is 2.93. The van der Waals surface area contributed by atoms with Crippen molar-refractivity contribution in [2.75, 3.05) is 0 Å². The molecule has 1 aromatic heterocycles. The Labute approximate surface area is 70.2 Å². The van der Waals surface area contributed by atoms with Gasteiger partial charge >= 0.3 is 0 Å². The smallest absolute Gasteiger partial charge is 0.129 e. The van der Waals surface area contributed by atoms with E-state index in [2.05, 4.69) is 5.10 Å². The van der Waals surface area contributed by atoms with Crippen molar-refractivity contribution in [1.82, 2.24) is 9.78 Å². The molecule has 0 bridgehead atoms. The standard InChI is InChI=1S/C9H10N2O/c1-6-3-4-8-7(9(6)12)5-10-11(8)2/h3-5,12H,1-2H3. The number of aromatic nitrogens is 2. The summed E-state index contributed by atoms with van der Waals surface area (Å²) >= 11 is 0. The molecule has 0 saturated carbocycles. The first-order chi connectivity index (χ1) is 5.70. The van der Waals surface area contributed by atoms with E-state index in [1.165, 1.54) is 0 Å². The van der Waals surface area contributed by atoms with E-state index in [9.17, 15) is 5.11 Å². The van der Waals surface area contributed by atoms with Crippen LogP contribution in [0.1, 0.15) is 5.56 Å². The van der Waals surface area contributed by atoms with Gasteiger partial charge in [-0.05, 0) is 18.6 Å². The van der Waals surface area contributed by atoms with Crippen LogP contribution >= 0.6 is 0 Å². The highest BCUT2D eigenvalue weighted by atomic mass is 16.3. The van der Waals surface area contributed by atoms with Crippen LogP contribution in [0, 0.1) is 6.92 Å². The number of hydrogen-bond donors (Lipinski definition) is 1. The van der Waals surface area contributed by atoms with Gasteiger partial charge in [0.05, 0.1) is 17.1 Å². The third-order valence-electron chi connectivity index (χ3n) is 2.10. The lowest BCUT2D eigenvalue weighted by atomic mass is 10.1. The minimum absolute atomic E-state index is 0.334. The van der Waals surface area contributed by atoms with Gasteiger partial charge in [0.1, 0.15) is 5.75 Å². The quantitative estimate of drug-likeness (QED) is 0.638. The first-order valence-corrected chi connectivity index (χ1v) is 3.80. The van der Waals surface area contributed by atoms with E-state index in [4.69, 9.17) is 0 Å². The number of hydrogen-bond acceptors (Lipinski definition) is 2. The van der Waals surface area contributed by atoms with Crippen molar-refractivity contribution in [3.8, 4) is 5.75 Å². The summed E-state index contributed by atoms with van der Waals surface area (Å²) in [5, 5.41) is 14.5. The molecule has 2 aromatic rings. The molecule has 0 atom stereocenters. The molecule has 12 heavy (non-hydrogen) atoms. The van der Waals surface area contributed by atoms with Crippen LogP contribution in [0.25, 0.3) is 10.9 Å². The zero-order valence-corrected chi connectivity index (χ0v) is 7.07. The van der Waals surface area contributed by atoms with Crippen molar-refractivity contribution in [2.45, 2.75) is 6.92 Å². The Bertz CT molecular complexity index is 431. The Morgan fingerprint density at radius 2 is 2.17 bits per heavy atom. The van der Waals surface area contributed by atoms with Gasteiger partial charge in [-0.25, -0.2) is 0 Å². The molecule has 1 aromatic carbocycles. The molecule has 0 fully saturated rings. The van der Waals surface area contributed by atoms with Crippen molar-refractivity contribution >= 4 is 10.9 Å². The van der Waals surface area contributed by atoms with Gasteiger partial charge < -0.3 is 5.11 Å². The van der Waals surface area contributed by atoms with E-state index in [0.717, 1.165) is 16.5 Å². The van der Waals surface area contributed by atoms with Crippen LogP contribution in [0.2, 0.25) is 0 Å². The van der Waals surface area contributed by atoms with Crippen LogP contribution in [-0.2, 0) is 7.05 Å². The number of aromatic hydroxyl groups is 1. The Balaban J connectivity index is 2.93. The molecular formula is C9H10N2O. The van der Waals surface area contributed by atoms with Crippen LogP contribution in [0.4, 0.5) is 0 Å². The highest BCUT2D eigenvalue weighted by Crippen LogP contribution is 2.26. The summed E-state index contributed by atoms with van der Waals surface area (Å²) in [6, 6.07) is 3.84. The summed E-state index contributed by atoms with van der Waals surface area (Å²) in [5.41, 5.74) is 1.84. The van der Waals surface area contributed by atoms with Crippen molar-refractivity contribution in [1.29, 1.82) is 0 Å². The van der Waals surface area contributed by atoms with Gasteiger partial charge in [-0.3, -0.25) is 4.68 Å². The zero-order valence-electron chi connectivity index (χ0n) is 7.07. The minimum Gasteiger partial charge on any atom is -0.507 e. The first-order valence-electron chi connectivity index (χ1n) is 3.80. The van der Waals surface area contributed by atoms with Crippen molar-refractivity contribution in [3.05, 3.63) is 23.9 Å². The van der Waals surface area contributed by atoms with Gasteiger partial charge in [-0.1, -0.05) is 6.07 Å². The largest absolute Gasteiger partial charge is 0.507 e. The Morgan fingerprint density at radius 1 is 1.42 bits per heavy atom. The average Bonchev–Trinajstić information content (AvgIpc) is 2.41. The number of nitrogens with zero attached hydrogens (tertiary/aromatic N) is 2. The predicted octanol–water partition coefficient (Wildman–Crippen LogP) is 1.59. The molecule has 2 rings (SSSR count). The van der Waals surface area contributed by atoms with Crippen molar-refractivity contribution in [2.24, 2.45) is 7.05 Å². The fraction of sp³-hybridized carbons (Fsp3) is 0.222. The molecular weight excluding hydrogens is 152 g/mol. The third kappa shape index (κ3) is 0.794. The van der Waals surface area contributed by atoms with Gasteiger partial charge in [0.25, 0.3) is 0 Å². The molecule has 0 amide bonds. The molecule has 0 aliphatic carbocycles. The maximum atomic E-state index is 9.62. The molecule has 3 nitrogen and oxygen atoms in total. The lowest BCUT2D eigenvalue weighted by molar-refractivity contribution is 0.477. The Hall–Kier alpha value is -1.51. The highest BCUT2D eigenvalue weighted by molar-refractivity contribution is 5.86. The summed E-state index contributed by atoms with van der Waals surface area (Å²) in [7, 11) is 1.86. The SMILES string of the molecule is Cc1ccc2c(cnn2C)c1O. The fourth-order valence-corrected chi connectivity index (χ4v) is 1.32. The molecule has 0 aliphatic rings. The normalized spacial score (nSPS) is 10.8. The van der Waals surface area contributed by atoms with E-state index in [0.29, 0.717) is 5.75 Å². The topological polar surface area (TPSA) is 38.0 Å². The number of phenolic OH excluding ortho intramolecular Hbond substituents is 1. The van der Waals surface area contributed by atoms with Crippen LogP contribution < -0.4 is 0 Å². The lowest BCUT2D eigenvalue weighted by Gasteiger charge is -1.99. The molecule has 0 unspecified atom stereocenters. The van der Waals surface area contributed by atoms with Crippen LogP contribution in [0.15, 0.2) is 18.3 Å². The molecule has 0 saturated heterocycles. The highest BCUT2D eigenvalue weighted by Gasteiger charge is 2.05. The molecule has 0 spiro atoms. The monoisotopic (exact) mass is 162 g/mol. The summed E-state index contributed by atoms with van der Waals surface area (Å²) < 4.78 is 1.74. The van der Waals surface area contributed by atoms with Crippen molar-refractivity contribution < 1.29 is 5.11 Å². The van der Waals surface area contributed by atoms with Crippen LogP contribution in [-0.4, -0.2) is 14.9 Å². The van der Waals surface area contributed by atoms with Gasteiger partial charge in [0, 0.05) is 7.05 Å². The number of fused-ring (bicyclic) bond motifs is 1. The second-order valence-corrected chi connectivity index (χ2v) is 2.93. The number of rotatable bonds is 0. The molecule has 0 radical (unpaired) electrons. The minimum atomic E-state index is 0.334. The summed E-state index contributed by atoms with van der Waals surface area (Å²) in [5.74, 6) is 0.334. The average molecular weight is 162 g/mol. The van der Waals surface area contributed by atoms with E-state index < -0.39 is 0 Å². The van der Waals surface area contributed by atoms with Gasteiger partial charge in [0.15, 0.2) is 0 Å². The second kappa shape index (κ2) is 2.24. The molecule has 3 heteroatoms. The lowest BCUT2D eigenvalue weighted by Crippen LogP contribution is -1.88. The number of benzene rings is 1. The summed E-state index contributed by atoms with van der Waals surface area (Å²) in [6.07, 6.45) is 1.68. The predicted molar refractivity (Wildman–Crippen MR) is 47.1 cm³/mol. The van der Waals surface area contributed by atoms with Crippen molar-refractivity contribution in [3.63, 3.8) is 0 Å². The third-order valence-corrected chi connectivity index (χ3v) is 2.10. The number of aryl methyl sites for hydroxylation is 2. The fourth-order valence-electron chi connectivity index (χ4n) is 1.32. The Kier molecular flexibility index (Phi) is 1.33. The van der Waals surface area contributed by atoms with Gasteiger partial charge in [-0.15, -0.1) is 0 Å². The maximum Gasteiger partial charge on any atom is 0.129 e. The van der Waals surface area contributed by atoms with E-state index in [-0.39, 0.29) is 0 Å². The van der Waals surface area contributed by atoms with E-state index >= 15 is 0 Å². The first kappa shape index (κ1) is 7.16. The van der Waals surface area contributed by atoms with Gasteiger partial charge in [0.2, 0.25) is 0 Å². The summed E-state index contributed by atoms with van der Waals surface area (Å²) in [4.78, 5) is 0. The zero-order chi connectivity index (χ0) is 8.72. The van der Waals surface area contributed by atoms with Crippen LogP contribution in [0.5, 0.6) is 5.75 Å².